The lowest BCUT2D eigenvalue weighted by Gasteiger charge is -2.38. The quantitative estimate of drug-likeness (QED) is 0.613. The molecule has 2 aromatic carbocycles. The Morgan fingerprint density at radius 1 is 1.08 bits per heavy atom. The van der Waals surface area contributed by atoms with Crippen molar-refractivity contribution < 1.29 is 14.7 Å². The predicted octanol–water partition coefficient (Wildman–Crippen LogP) is 2.06. The molecule has 2 aromatic rings. The Kier molecular flexibility index (Phi) is 6.22. The van der Waals surface area contributed by atoms with Gasteiger partial charge < -0.3 is 4.74 Å². The van der Waals surface area contributed by atoms with Gasteiger partial charge >= 0.3 is 0 Å². The molecule has 1 aliphatic rings. The molecule has 138 valence electrons. The minimum absolute atomic E-state index is 0.394. The van der Waals surface area contributed by atoms with Gasteiger partial charge in [-0.2, -0.15) is 0 Å². The van der Waals surface area contributed by atoms with E-state index in [0.29, 0.717) is 0 Å². The van der Waals surface area contributed by atoms with Crippen LogP contribution in [0.25, 0.3) is 0 Å². The van der Waals surface area contributed by atoms with Crippen molar-refractivity contribution >= 4 is 5.91 Å². The second-order valence-corrected chi connectivity index (χ2v) is 6.41. The summed E-state index contributed by atoms with van der Waals surface area (Å²) >= 11 is 0. The van der Waals surface area contributed by atoms with Crippen LogP contribution in [-0.2, 0) is 11.3 Å². The van der Waals surface area contributed by atoms with Gasteiger partial charge in [0, 0.05) is 38.3 Å². The van der Waals surface area contributed by atoms with Gasteiger partial charge in [-0.3, -0.25) is 19.8 Å². The summed E-state index contributed by atoms with van der Waals surface area (Å²) < 4.78 is 5.43. The zero-order valence-electron chi connectivity index (χ0n) is 15.0. The largest absolute Gasteiger partial charge is 0.496 e. The van der Waals surface area contributed by atoms with Crippen LogP contribution < -0.4 is 10.2 Å². The van der Waals surface area contributed by atoms with E-state index in [1.807, 2.05) is 54.0 Å². The molecule has 1 amide bonds. The molecule has 0 aliphatic carbocycles. The standard InChI is InChI=1S/C20H25N3O3/c1-26-18-10-6-5-9-17(18)15-22-11-13-23(14-12-22)19(20(24)21-25)16-7-3-2-4-8-16/h2-10,19,25H,11-15H2,1H3,(H,21,24). The topological polar surface area (TPSA) is 65.0 Å². The summed E-state index contributed by atoms with van der Waals surface area (Å²) in [6.45, 7) is 4.02. The van der Waals surface area contributed by atoms with E-state index in [2.05, 4.69) is 15.9 Å². The van der Waals surface area contributed by atoms with Crippen LogP contribution in [-0.4, -0.2) is 54.2 Å². The first-order valence-electron chi connectivity index (χ1n) is 8.80. The van der Waals surface area contributed by atoms with Crippen molar-refractivity contribution in [1.82, 2.24) is 15.3 Å². The molecule has 2 N–H and O–H groups in total. The maximum absolute atomic E-state index is 12.2. The number of rotatable bonds is 6. The van der Waals surface area contributed by atoms with Gasteiger partial charge in [0.15, 0.2) is 0 Å². The van der Waals surface area contributed by atoms with Gasteiger partial charge in [0.25, 0.3) is 5.91 Å². The van der Waals surface area contributed by atoms with E-state index in [-0.39, 0.29) is 0 Å². The van der Waals surface area contributed by atoms with Gasteiger partial charge in [0.05, 0.1) is 7.11 Å². The molecule has 1 unspecified atom stereocenters. The summed E-state index contributed by atoms with van der Waals surface area (Å²) in [6.07, 6.45) is 0. The third-order valence-electron chi connectivity index (χ3n) is 4.83. The van der Waals surface area contributed by atoms with E-state index in [9.17, 15) is 4.79 Å². The van der Waals surface area contributed by atoms with E-state index in [4.69, 9.17) is 9.94 Å². The molecule has 1 saturated heterocycles. The first-order valence-corrected chi connectivity index (χ1v) is 8.80. The number of carbonyl (C=O) groups is 1. The molecule has 6 heteroatoms. The molecule has 0 aromatic heterocycles. The van der Waals surface area contributed by atoms with Crippen LogP contribution in [0.15, 0.2) is 54.6 Å². The molecule has 1 heterocycles. The number of para-hydroxylation sites is 1. The number of benzene rings is 2. The summed E-state index contributed by atoms with van der Waals surface area (Å²) in [5.41, 5.74) is 3.87. The lowest BCUT2D eigenvalue weighted by Crippen LogP contribution is -2.50. The van der Waals surface area contributed by atoms with Crippen LogP contribution >= 0.6 is 0 Å². The molecule has 0 spiro atoms. The average molecular weight is 355 g/mol. The number of hydroxylamine groups is 1. The minimum atomic E-state index is -0.477. The molecule has 1 atom stereocenters. The fourth-order valence-corrected chi connectivity index (χ4v) is 3.48. The molecule has 6 nitrogen and oxygen atoms in total. The van der Waals surface area contributed by atoms with Crippen LogP contribution in [0.4, 0.5) is 0 Å². The molecular weight excluding hydrogens is 330 g/mol. The van der Waals surface area contributed by atoms with Gasteiger partial charge in [-0.05, 0) is 11.6 Å². The maximum Gasteiger partial charge on any atom is 0.265 e. The highest BCUT2D eigenvalue weighted by Gasteiger charge is 2.30. The van der Waals surface area contributed by atoms with Crippen molar-refractivity contribution in [3.63, 3.8) is 0 Å². The number of nitrogens with zero attached hydrogens (tertiary/aromatic N) is 2. The molecule has 0 radical (unpaired) electrons. The van der Waals surface area contributed by atoms with Crippen LogP contribution in [0.2, 0.25) is 0 Å². The minimum Gasteiger partial charge on any atom is -0.496 e. The number of carbonyl (C=O) groups excluding carboxylic acids is 1. The van der Waals surface area contributed by atoms with E-state index in [0.717, 1.165) is 49.6 Å². The van der Waals surface area contributed by atoms with Crippen molar-refractivity contribution in [3.8, 4) is 5.75 Å². The summed E-state index contributed by atoms with van der Waals surface area (Å²) in [7, 11) is 1.69. The van der Waals surface area contributed by atoms with Crippen LogP contribution in [0, 0.1) is 0 Å². The van der Waals surface area contributed by atoms with Crippen molar-refractivity contribution in [3.05, 3.63) is 65.7 Å². The fraction of sp³-hybridized carbons (Fsp3) is 0.350. The van der Waals surface area contributed by atoms with E-state index < -0.39 is 11.9 Å². The summed E-state index contributed by atoms with van der Waals surface area (Å²) in [6, 6.07) is 17.1. The SMILES string of the molecule is COc1ccccc1CN1CCN(C(C(=O)NO)c2ccccc2)CC1. The number of amides is 1. The van der Waals surface area contributed by atoms with E-state index >= 15 is 0 Å². The molecule has 0 bridgehead atoms. The molecule has 1 fully saturated rings. The van der Waals surface area contributed by atoms with Gasteiger partial charge in [-0.15, -0.1) is 0 Å². The fourth-order valence-electron chi connectivity index (χ4n) is 3.48. The van der Waals surface area contributed by atoms with Gasteiger partial charge in [0.2, 0.25) is 0 Å². The van der Waals surface area contributed by atoms with Gasteiger partial charge in [-0.25, -0.2) is 5.48 Å². The highest BCUT2D eigenvalue weighted by atomic mass is 16.5. The average Bonchev–Trinajstić information content (AvgIpc) is 2.70. The van der Waals surface area contributed by atoms with E-state index in [1.165, 1.54) is 0 Å². The first kappa shape index (κ1) is 18.4. The number of nitrogens with one attached hydrogen (secondary N) is 1. The third kappa shape index (κ3) is 4.22. The molecular formula is C20H25N3O3. The zero-order valence-corrected chi connectivity index (χ0v) is 15.0. The zero-order chi connectivity index (χ0) is 18.4. The van der Waals surface area contributed by atoms with Crippen molar-refractivity contribution in [1.29, 1.82) is 0 Å². The highest BCUT2D eigenvalue weighted by molar-refractivity contribution is 5.82. The number of ether oxygens (including phenoxy) is 1. The van der Waals surface area contributed by atoms with Crippen molar-refractivity contribution in [2.45, 2.75) is 12.6 Å². The molecule has 26 heavy (non-hydrogen) atoms. The number of piperazine rings is 1. The van der Waals surface area contributed by atoms with Crippen LogP contribution in [0.5, 0.6) is 5.75 Å². The maximum atomic E-state index is 12.2. The van der Waals surface area contributed by atoms with Crippen molar-refractivity contribution in [2.75, 3.05) is 33.3 Å². The molecule has 1 aliphatic heterocycles. The smallest absolute Gasteiger partial charge is 0.265 e. The summed E-state index contributed by atoms with van der Waals surface area (Å²) in [4.78, 5) is 16.7. The van der Waals surface area contributed by atoms with E-state index in [1.54, 1.807) is 7.11 Å². The Morgan fingerprint density at radius 3 is 2.38 bits per heavy atom. The Labute approximate surface area is 153 Å². The van der Waals surface area contributed by atoms with Crippen molar-refractivity contribution in [2.24, 2.45) is 0 Å². The molecule has 3 rings (SSSR count). The molecule has 0 saturated carbocycles. The lowest BCUT2D eigenvalue weighted by molar-refractivity contribution is -0.136. The Balaban J connectivity index is 1.65. The summed E-state index contributed by atoms with van der Waals surface area (Å²) in [5.74, 6) is 0.506. The Morgan fingerprint density at radius 2 is 1.73 bits per heavy atom. The number of hydrogen-bond donors (Lipinski definition) is 2. The van der Waals surface area contributed by atoms with Crippen LogP contribution in [0.3, 0.4) is 0 Å². The first-order chi connectivity index (χ1) is 12.7. The van der Waals surface area contributed by atoms with Gasteiger partial charge in [-0.1, -0.05) is 48.5 Å². The number of hydrogen-bond acceptors (Lipinski definition) is 5. The second kappa shape index (κ2) is 8.80. The predicted molar refractivity (Wildman–Crippen MR) is 99.0 cm³/mol. The highest BCUT2D eigenvalue weighted by Crippen LogP contribution is 2.24. The lowest BCUT2D eigenvalue weighted by atomic mass is 10.0. The normalized spacial score (nSPS) is 16.8. The third-order valence-corrected chi connectivity index (χ3v) is 4.83. The van der Waals surface area contributed by atoms with Gasteiger partial charge in [0.1, 0.15) is 11.8 Å². The Bertz CT molecular complexity index is 715. The monoisotopic (exact) mass is 355 g/mol. The summed E-state index contributed by atoms with van der Waals surface area (Å²) in [5, 5.41) is 9.15. The number of methoxy groups -OCH3 is 1. The Hall–Kier alpha value is -2.41. The second-order valence-electron chi connectivity index (χ2n) is 6.41. The van der Waals surface area contributed by atoms with Crippen LogP contribution in [0.1, 0.15) is 17.2 Å².